The molecule has 0 bridgehead atoms. The molecule has 150 valence electrons. The van der Waals surface area contributed by atoms with Crippen molar-refractivity contribution in [1.82, 2.24) is 4.98 Å². The lowest BCUT2D eigenvalue weighted by molar-refractivity contribution is 0.0600. The number of hydrogen-bond donors (Lipinski definition) is 0. The van der Waals surface area contributed by atoms with E-state index in [0.717, 1.165) is 32.1 Å². The number of carbonyl (C=O) groups is 2. The molecule has 0 spiro atoms. The van der Waals surface area contributed by atoms with Crippen LogP contribution in [0.5, 0.6) is 0 Å². The molecule has 3 rings (SSSR count). The molecular weight excluding hydrogens is 366 g/mol. The van der Waals surface area contributed by atoms with Gasteiger partial charge in [-0.25, -0.2) is 9.78 Å². The Hall–Kier alpha value is -3.21. The predicted molar refractivity (Wildman–Crippen MR) is 111 cm³/mol. The Balaban J connectivity index is 1.45. The maximum Gasteiger partial charge on any atom is 0.337 e. The highest BCUT2D eigenvalue weighted by molar-refractivity contribution is 5.92. The maximum atomic E-state index is 12.3. The van der Waals surface area contributed by atoms with Crippen molar-refractivity contribution in [3.8, 4) is 11.3 Å². The first kappa shape index (κ1) is 20.5. The lowest BCUT2D eigenvalue weighted by atomic mass is 10.0. The van der Waals surface area contributed by atoms with Crippen LogP contribution in [0.1, 0.15) is 58.7 Å². The number of hydrogen-bond acceptors (Lipinski definition) is 5. The van der Waals surface area contributed by atoms with Crippen LogP contribution in [0.2, 0.25) is 0 Å². The van der Waals surface area contributed by atoms with Gasteiger partial charge in [0, 0.05) is 12.0 Å². The lowest BCUT2D eigenvalue weighted by Crippen LogP contribution is -2.00. The normalized spacial score (nSPS) is 10.7. The number of oxazole rings is 1. The van der Waals surface area contributed by atoms with Crippen molar-refractivity contribution in [2.24, 2.45) is 0 Å². The van der Waals surface area contributed by atoms with E-state index in [-0.39, 0.29) is 11.7 Å². The van der Waals surface area contributed by atoms with Crippen LogP contribution >= 0.6 is 0 Å². The summed E-state index contributed by atoms with van der Waals surface area (Å²) in [7, 11) is 1.34. The highest BCUT2D eigenvalue weighted by Crippen LogP contribution is 2.23. The Morgan fingerprint density at radius 3 is 2.55 bits per heavy atom. The van der Waals surface area contributed by atoms with Crippen LogP contribution in [0, 0.1) is 0 Å². The van der Waals surface area contributed by atoms with Gasteiger partial charge in [0.05, 0.1) is 18.9 Å². The minimum atomic E-state index is -0.421. The van der Waals surface area contributed by atoms with Crippen LogP contribution in [-0.2, 0) is 11.2 Å². The van der Waals surface area contributed by atoms with Gasteiger partial charge in [0.1, 0.15) is 0 Å². The molecule has 2 aromatic carbocycles. The number of benzene rings is 2. The molecule has 0 aliphatic heterocycles. The Kier molecular flexibility index (Phi) is 7.34. The number of rotatable bonds is 10. The van der Waals surface area contributed by atoms with Crippen molar-refractivity contribution in [3.05, 3.63) is 77.8 Å². The molecule has 0 atom stereocenters. The van der Waals surface area contributed by atoms with E-state index in [1.54, 1.807) is 24.3 Å². The molecular formula is C24H25NO4. The number of esters is 1. The summed E-state index contributed by atoms with van der Waals surface area (Å²) < 4.78 is 10.4. The number of nitrogens with zero attached hydrogens (tertiary/aromatic N) is 1. The minimum Gasteiger partial charge on any atom is -0.465 e. The summed E-state index contributed by atoms with van der Waals surface area (Å²) in [5.41, 5.74) is 2.46. The molecule has 0 saturated carbocycles. The fourth-order valence-electron chi connectivity index (χ4n) is 3.17. The highest BCUT2D eigenvalue weighted by atomic mass is 16.5. The molecule has 0 N–H and O–H groups in total. The molecule has 0 saturated heterocycles. The minimum absolute atomic E-state index is 0.0940. The molecule has 5 nitrogen and oxygen atoms in total. The summed E-state index contributed by atoms with van der Waals surface area (Å²) in [6.45, 7) is 0. The van der Waals surface area contributed by atoms with Crippen LogP contribution in [0.15, 0.2) is 65.2 Å². The van der Waals surface area contributed by atoms with Gasteiger partial charge in [-0.05, 0) is 37.0 Å². The van der Waals surface area contributed by atoms with E-state index in [2.05, 4.69) is 29.2 Å². The summed E-state index contributed by atoms with van der Waals surface area (Å²) in [5, 5.41) is 0. The molecule has 5 heteroatoms. The number of aromatic nitrogens is 1. The third-order valence-electron chi connectivity index (χ3n) is 4.77. The number of carbonyl (C=O) groups excluding carboxylic acids is 2. The smallest absolute Gasteiger partial charge is 0.337 e. The Labute approximate surface area is 170 Å². The average Bonchev–Trinajstić information content (AvgIpc) is 3.27. The maximum absolute atomic E-state index is 12.3. The van der Waals surface area contributed by atoms with Gasteiger partial charge in [0.2, 0.25) is 5.78 Å². The quantitative estimate of drug-likeness (QED) is 0.259. The van der Waals surface area contributed by atoms with Gasteiger partial charge in [0.15, 0.2) is 5.76 Å². The van der Waals surface area contributed by atoms with Gasteiger partial charge in [-0.15, -0.1) is 0 Å². The van der Waals surface area contributed by atoms with Gasteiger partial charge in [-0.2, -0.15) is 0 Å². The Morgan fingerprint density at radius 1 is 0.966 bits per heavy atom. The van der Waals surface area contributed by atoms with Crippen molar-refractivity contribution < 1.29 is 18.7 Å². The predicted octanol–water partition coefficient (Wildman–Crippen LogP) is 5.50. The third-order valence-corrected chi connectivity index (χ3v) is 4.77. The second kappa shape index (κ2) is 10.4. The van der Waals surface area contributed by atoms with Crippen LogP contribution < -0.4 is 0 Å². The standard InChI is InChI=1S/C24H25NO4/c1-28-24(27)20-14-9-13-19(16-20)22-17-25-23(29-22)21(26)15-8-3-2-5-10-18-11-6-4-7-12-18/h4,6-7,9,11-14,16-17H,2-3,5,8,10,15H2,1H3. The molecule has 3 aromatic rings. The fraction of sp³-hybridized carbons (Fsp3) is 0.292. The van der Waals surface area contributed by atoms with E-state index in [1.807, 2.05) is 6.07 Å². The topological polar surface area (TPSA) is 69.4 Å². The molecule has 0 aliphatic rings. The van der Waals surface area contributed by atoms with Crippen LogP contribution in [0.4, 0.5) is 0 Å². The van der Waals surface area contributed by atoms with Crippen molar-refractivity contribution in [2.75, 3.05) is 7.11 Å². The van der Waals surface area contributed by atoms with Gasteiger partial charge in [-0.1, -0.05) is 55.3 Å². The van der Waals surface area contributed by atoms with E-state index >= 15 is 0 Å². The zero-order chi connectivity index (χ0) is 20.5. The molecule has 0 unspecified atom stereocenters. The second-order valence-electron chi connectivity index (χ2n) is 6.93. The zero-order valence-corrected chi connectivity index (χ0v) is 16.6. The van der Waals surface area contributed by atoms with E-state index < -0.39 is 5.97 Å². The summed E-state index contributed by atoms with van der Waals surface area (Å²) >= 11 is 0. The van der Waals surface area contributed by atoms with Crippen molar-refractivity contribution in [1.29, 1.82) is 0 Å². The highest BCUT2D eigenvalue weighted by Gasteiger charge is 2.15. The zero-order valence-electron chi connectivity index (χ0n) is 16.6. The third kappa shape index (κ3) is 5.88. The van der Waals surface area contributed by atoms with E-state index in [9.17, 15) is 9.59 Å². The van der Waals surface area contributed by atoms with Crippen molar-refractivity contribution in [3.63, 3.8) is 0 Å². The number of ether oxygens (including phenoxy) is 1. The first-order valence-corrected chi connectivity index (χ1v) is 9.89. The number of methoxy groups -OCH3 is 1. The molecule has 0 fully saturated rings. The number of aryl methyl sites for hydroxylation is 1. The van der Waals surface area contributed by atoms with Gasteiger partial charge < -0.3 is 9.15 Å². The van der Waals surface area contributed by atoms with Crippen molar-refractivity contribution >= 4 is 11.8 Å². The van der Waals surface area contributed by atoms with Gasteiger partial charge >= 0.3 is 5.97 Å². The Bertz CT molecular complexity index is 946. The summed E-state index contributed by atoms with van der Waals surface area (Å²) in [5.74, 6) is 0.0630. The van der Waals surface area contributed by atoms with Crippen LogP contribution in [-0.4, -0.2) is 23.8 Å². The number of ketones is 1. The molecule has 29 heavy (non-hydrogen) atoms. The number of unbranched alkanes of at least 4 members (excludes halogenated alkanes) is 3. The molecule has 1 heterocycles. The average molecular weight is 391 g/mol. The summed E-state index contributed by atoms with van der Waals surface area (Å²) in [4.78, 5) is 28.1. The molecule has 0 aliphatic carbocycles. The van der Waals surface area contributed by atoms with Crippen LogP contribution in [0.3, 0.4) is 0 Å². The number of Topliss-reactive ketones (excluding diaryl/α,β-unsaturated/α-hetero) is 1. The second-order valence-corrected chi connectivity index (χ2v) is 6.93. The summed E-state index contributed by atoms with van der Waals surface area (Å²) in [6.07, 6.45) is 7.06. The van der Waals surface area contributed by atoms with Gasteiger partial charge in [0.25, 0.3) is 5.89 Å². The molecule has 1 aromatic heterocycles. The fourth-order valence-corrected chi connectivity index (χ4v) is 3.17. The SMILES string of the molecule is COC(=O)c1cccc(-c2cnc(C(=O)CCCCCCc3ccccc3)o2)c1. The monoisotopic (exact) mass is 391 g/mol. The lowest BCUT2D eigenvalue weighted by Gasteiger charge is -2.02. The van der Waals surface area contributed by atoms with E-state index in [0.29, 0.717) is 23.3 Å². The Morgan fingerprint density at radius 2 is 1.76 bits per heavy atom. The van der Waals surface area contributed by atoms with E-state index in [1.165, 1.54) is 18.9 Å². The van der Waals surface area contributed by atoms with Gasteiger partial charge in [-0.3, -0.25) is 4.79 Å². The van der Waals surface area contributed by atoms with Crippen LogP contribution in [0.25, 0.3) is 11.3 Å². The largest absolute Gasteiger partial charge is 0.465 e. The van der Waals surface area contributed by atoms with E-state index in [4.69, 9.17) is 9.15 Å². The first-order chi connectivity index (χ1) is 14.2. The molecule has 0 amide bonds. The molecule has 0 radical (unpaired) electrons. The summed E-state index contributed by atoms with van der Waals surface area (Å²) in [6, 6.07) is 17.3. The first-order valence-electron chi connectivity index (χ1n) is 9.89. The van der Waals surface area contributed by atoms with Crippen molar-refractivity contribution in [2.45, 2.75) is 38.5 Å².